The molecule has 0 bridgehead atoms. The third-order valence-corrected chi connectivity index (χ3v) is 7.55. The molecule has 0 amide bonds. The lowest BCUT2D eigenvalue weighted by molar-refractivity contribution is 0.0733. The third-order valence-electron chi connectivity index (χ3n) is 6.93. The molecule has 3 aromatic rings. The van der Waals surface area contributed by atoms with Crippen LogP contribution in [0.3, 0.4) is 0 Å². The molecular weight excluding hydrogens is 536 g/mol. The average molecular weight is 580 g/mol. The molecule has 0 aliphatic heterocycles. The lowest BCUT2D eigenvalue weighted by atomic mass is 9.96. The minimum Gasteiger partial charge on any atom is -0.492 e. The minimum absolute atomic E-state index is 0.361. The number of aryl methyl sites for hydroxylation is 3. The molecule has 0 heterocycles. The first-order valence-electron chi connectivity index (χ1n) is 14.4. The van der Waals surface area contributed by atoms with Crippen molar-refractivity contribution in [2.24, 2.45) is 0 Å². The molecule has 0 saturated carbocycles. The standard InChI is InChI=1S/C34H43BrO3/c1-3-5-7-8-9-15-25-37-33-24-23-30(26-31(33)35)34(36)38-32-20-14-13-19-29(32)22-21-28-18-12-11-17-27(28)16-10-6-4-2/h11-14,17-20,23-24,26H,3-10,15-16,21-22,25H2,1-2H3. The highest BCUT2D eigenvalue weighted by Crippen LogP contribution is 2.28. The number of carbonyl (C=O) groups excluding carboxylic acids is 1. The number of para-hydroxylation sites is 1. The van der Waals surface area contributed by atoms with Crippen LogP contribution in [0.5, 0.6) is 11.5 Å². The summed E-state index contributed by atoms with van der Waals surface area (Å²) in [5.74, 6) is 1.02. The lowest BCUT2D eigenvalue weighted by Crippen LogP contribution is -2.10. The molecule has 204 valence electrons. The molecular formula is C34H43BrO3. The van der Waals surface area contributed by atoms with Crippen LogP contribution in [0.25, 0.3) is 0 Å². The summed E-state index contributed by atoms with van der Waals surface area (Å²) < 4.78 is 12.6. The van der Waals surface area contributed by atoms with Crippen molar-refractivity contribution in [3.05, 3.63) is 93.5 Å². The first-order valence-corrected chi connectivity index (χ1v) is 15.2. The van der Waals surface area contributed by atoms with Gasteiger partial charge in [0.2, 0.25) is 0 Å². The summed E-state index contributed by atoms with van der Waals surface area (Å²) in [4.78, 5) is 13.0. The second kappa shape index (κ2) is 17.1. The Morgan fingerprint density at radius 1 is 0.658 bits per heavy atom. The highest BCUT2D eigenvalue weighted by molar-refractivity contribution is 9.10. The molecule has 4 heteroatoms. The van der Waals surface area contributed by atoms with Crippen LogP contribution >= 0.6 is 15.9 Å². The van der Waals surface area contributed by atoms with Crippen molar-refractivity contribution in [1.29, 1.82) is 0 Å². The van der Waals surface area contributed by atoms with Gasteiger partial charge in [0.05, 0.1) is 16.6 Å². The van der Waals surface area contributed by atoms with Gasteiger partial charge in [-0.2, -0.15) is 0 Å². The molecule has 0 radical (unpaired) electrons. The zero-order chi connectivity index (χ0) is 27.0. The Morgan fingerprint density at radius 3 is 2.00 bits per heavy atom. The zero-order valence-corrected chi connectivity index (χ0v) is 24.7. The topological polar surface area (TPSA) is 35.5 Å². The van der Waals surface area contributed by atoms with Crippen LogP contribution in [0.2, 0.25) is 0 Å². The Balaban J connectivity index is 1.56. The molecule has 0 atom stereocenters. The van der Waals surface area contributed by atoms with E-state index in [1.165, 1.54) is 62.5 Å². The predicted octanol–water partition coefficient (Wildman–Crippen LogP) is 9.93. The summed E-state index contributed by atoms with van der Waals surface area (Å²) in [7, 11) is 0. The Labute approximate surface area is 238 Å². The summed E-state index contributed by atoms with van der Waals surface area (Å²) in [5, 5.41) is 0. The molecule has 0 fully saturated rings. The van der Waals surface area contributed by atoms with E-state index in [-0.39, 0.29) is 5.97 Å². The molecule has 0 N–H and O–H groups in total. The fourth-order valence-corrected chi connectivity index (χ4v) is 5.15. The molecule has 0 saturated heterocycles. The van der Waals surface area contributed by atoms with E-state index in [1.54, 1.807) is 12.1 Å². The van der Waals surface area contributed by atoms with Crippen molar-refractivity contribution in [3.63, 3.8) is 0 Å². The molecule has 0 unspecified atom stereocenters. The van der Waals surface area contributed by atoms with E-state index in [2.05, 4.69) is 60.1 Å². The van der Waals surface area contributed by atoms with Crippen LogP contribution < -0.4 is 9.47 Å². The summed E-state index contributed by atoms with van der Waals surface area (Å²) in [6.07, 6.45) is 13.9. The molecule has 0 aromatic heterocycles. The number of hydrogen-bond donors (Lipinski definition) is 0. The number of carbonyl (C=O) groups is 1. The number of ether oxygens (including phenoxy) is 2. The van der Waals surface area contributed by atoms with Crippen LogP contribution in [-0.4, -0.2) is 12.6 Å². The van der Waals surface area contributed by atoms with Gasteiger partial charge in [-0.15, -0.1) is 0 Å². The van der Waals surface area contributed by atoms with Gasteiger partial charge in [-0.3, -0.25) is 0 Å². The monoisotopic (exact) mass is 578 g/mol. The Hall–Kier alpha value is -2.59. The largest absolute Gasteiger partial charge is 0.492 e. The van der Waals surface area contributed by atoms with E-state index < -0.39 is 0 Å². The van der Waals surface area contributed by atoms with Crippen LogP contribution in [0.15, 0.2) is 71.2 Å². The van der Waals surface area contributed by atoms with Gasteiger partial charge in [-0.25, -0.2) is 4.79 Å². The Bertz CT molecular complexity index is 1120. The fraction of sp³-hybridized carbons (Fsp3) is 0.441. The number of rotatable bonds is 17. The van der Waals surface area contributed by atoms with Crippen LogP contribution in [0, 0.1) is 0 Å². The van der Waals surface area contributed by atoms with E-state index in [0.717, 1.165) is 41.5 Å². The smallest absolute Gasteiger partial charge is 0.343 e. The minimum atomic E-state index is -0.361. The quantitative estimate of drug-likeness (QED) is 0.0907. The Kier molecular flexibility index (Phi) is 13.5. The molecule has 38 heavy (non-hydrogen) atoms. The second-order valence-electron chi connectivity index (χ2n) is 9.98. The maximum absolute atomic E-state index is 13.0. The normalized spacial score (nSPS) is 10.9. The third kappa shape index (κ3) is 9.94. The number of esters is 1. The van der Waals surface area contributed by atoms with Crippen molar-refractivity contribution in [2.45, 2.75) is 90.9 Å². The lowest BCUT2D eigenvalue weighted by Gasteiger charge is -2.13. The number of halogens is 1. The maximum atomic E-state index is 13.0. The number of hydrogen-bond acceptors (Lipinski definition) is 3. The van der Waals surface area contributed by atoms with Gasteiger partial charge in [0, 0.05) is 0 Å². The molecule has 0 aliphatic rings. The van der Waals surface area contributed by atoms with Gasteiger partial charge in [0.1, 0.15) is 11.5 Å². The van der Waals surface area contributed by atoms with Gasteiger partial charge >= 0.3 is 5.97 Å². The van der Waals surface area contributed by atoms with E-state index >= 15 is 0 Å². The average Bonchev–Trinajstić information content (AvgIpc) is 2.93. The van der Waals surface area contributed by atoms with Gasteiger partial charge in [0.25, 0.3) is 0 Å². The second-order valence-corrected chi connectivity index (χ2v) is 10.8. The van der Waals surface area contributed by atoms with E-state index in [0.29, 0.717) is 17.9 Å². The molecule has 3 rings (SSSR count). The summed E-state index contributed by atoms with van der Waals surface area (Å²) in [6, 6.07) is 22.0. The van der Waals surface area contributed by atoms with Gasteiger partial charge < -0.3 is 9.47 Å². The fourth-order valence-electron chi connectivity index (χ4n) is 4.66. The zero-order valence-electron chi connectivity index (χ0n) is 23.1. The van der Waals surface area contributed by atoms with Crippen molar-refractivity contribution >= 4 is 21.9 Å². The van der Waals surface area contributed by atoms with E-state index in [4.69, 9.17) is 9.47 Å². The van der Waals surface area contributed by atoms with Crippen molar-refractivity contribution in [2.75, 3.05) is 6.61 Å². The molecule has 0 aliphatic carbocycles. The summed E-state index contributed by atoms with van der Waals surface area (Å²) in [5.41, 5.74) is 4.35. The molecule has 3 nitrogen and oxygen atoms in total. The summed E-state index contributed by atoms with van der Waals surface area (Å²) in [6.45, 7) is 5.15. The van der Waals surface area contributed by atoms with Crippen molar-refractivity contribution in [1.82, 2.24) is 0 Å². The SMILES string of the molecule is CCCCCCCCOc1ccc(C(=O)Oc2ccccc2CCc2ccccc2CCCCC)cc1Br. The summed E-state index contributed by atoms with van der Waals surface area (Å²) >= 11 is 3.57. The number of benzene rings is 3. The van der Waals surface area contributed by atoms with Gasteiger partial charge in [-0.1, -0.05) is 101 Å². The van der Waals surface area contributed by atoms with Crippen molar-refractivity contribution < 1.29 is 14.3 Å². The van der Waals surface area contributed by atoms with Crippen LogP contribution in [-0.2, 0) is 19.3 Å². The highest BCUT2D eigenvalue weighted by Gasteiger charge is 2.14. The highest BCUT2D eigenvalue weighted by atomic mass is 79.9. The van der Waals surface area contributed by atoms with Crippen molar-refractivity contribution in [3.8, 4) is 11.5 Å². The first kappa shape index (κ1) is 30.0. The Morgan fingerprint density at radius 2 is 1.26 bits per heavy atom. The van der Waals surface area contributed by atoms with E-state index in [1.807, 2.05) is 24.3 Å². The van der Waals surface area contributed by atoms with E-state index in [9.17, 15) is 4.79 Å². The van der Waals surface area contributed by atoms with Gasteiger partial charge in [0.15, 0.2) is 0 Å². The van der Waals surface area contributed by atoms with Crippen LogP contribution in [0.4, 0.5) is 0 Å². The number of unbranched alkanes of at least 4 members (excludes halogenated alkanes) is 7. The first-order chi connectivity index (χ1) is 18.6. The molecule has 3 aromatic carbocycles. The van der Waals surface area contributed by atoms with Crippen LogP contribution in [0.1, 0.15) is 98.7 Å². The maximum Gasteiger partial charge on any atom is 0.343 e. The van der Waals surface area contributed by atoms with Gasteiger partial charge in [-0.05, 0) is 89.0 Å². The molecule has 0 spiro atoms. The predicted molar refractivity (Wildman–Crippen MR) is 161 cm³/mol.